The van der Waals surface area contributed by atoms with Gasteiger partial charge in [-0.05, 0) is 35.0 Å². The molecule has 0 saturated heterocycles. The molecule has 1 aromatic carbocycles. The molecule has 0 aliphatic heterocycles. The maximum atomic E-state index is 13.4. The average Bonchev–Trinajstić information content (AvgIpc) is 2.09. The Kier molecular flexibility index (Phi) is 3.93. The predicted octanol–water partition coefficient (Wildman–Crippen LogP) is 4.05. The molecule has 0 radical (unpaired) electrons. The van der Waals surface area contributed by atoms with Gasteiger partial charge in [-0.15, -0.1) is 11.6 Å². The number of alkyl halides is 1. The van der Waals surface area contributed by atoms with Crippen molar-refractivity contribution in [3.05, 3.63) is 33.0 Å². The van der Waals surface area contributed by atoms with E-state index in [9.17, 15) is 9.18 Å². The second-order valence-corrected chi connectivity index (χ2v) is 4.67. The number of hydrogen-bond donors (Lipinski definition) is 0. The second-order valence-electron chi connectivity index (χ2n) is 2.73. The summed E-state index contributed by atoms with van der Waals surface area (Å²) in [6, 6.07) is 2.65. The lowest BCUT2D eigenvalue weighted by atomic mass is 10.1. The first-order chi connectivity index (χ1) is 6.43. The third-order valence-electron chi connectivity index (χ3n) is 1.62. The first-order valence-electron chi connectivity index (χ1n) is 3.76. The molecule has 5 heteroatoms. The van der Waals surface area contributed by atoms with Crippen molar-refractivity contribution in [2.45, 2.75) is 12.3 Å². The van der Waals surface area contributed by atoms with E-state index in [-0.39, 0.29) is 10.0 Å². The van der Waals surface area contributed by atoms with Crippen molar-refractivity contribution in [3.63, 3.8) is 0 Å². The summed E-state index contributed by atoms with van der Waals surface area (Å²) in [4.78, 5) is 11.4. The molecule has 1 aromatic rings. The first kappa shape index (κ1) is 12.0. The minimum atomic E-state index is -0.769. The van der Waals surface area contributed by atoms with Crippen LogP contribution in [0.1, 0.15) is 17.3 Å². The molecular formula is C9H6BrCl2FO. The van der Waals surface area contributed by atoms with Gasteiger partial charge in [-0.25, -0.2) is 4.39 Å². The Hall–Kier alpha value is -0.120. The van der Waals surface area contributed by atoms with Gasteiger partial charge in [0.15, 0.2) is 5.78 Å². The number of benzene rings is 1. The summed E-state index contributed by atoms with van der Waals surface area (Å²) in [6.07, 6.45) is 0. The fourth-order valence-corrected chi connectivity index (χ4v) is 1.88. The van der Waals surface area contributed by atoms with Crippen molar-refractivity contribution in [1.29, 1.82) is 0 Å². The molecule has 0 heterocycles. The molecule has 0 aliphatic carbocycles. The van der Waals surface area contributed by atoms with E-state index < -0.39 is 17.0 Å². The molecule has 0 aliphatic rings. The summed E-state index contributed by atoms with van der Waals surface area (Å²) in [6.45, 7) is 1.48. The Balaban J connectivity index is 3.27. The third kappa shape index (κ3) is 2.47. The highest BCUT2D eigenvalue weighted by molar-refractivity contribution is 9.10. The zero-order valence-electron chi connectivity index (χ0n) is 7.15. The molecule has 0 bridgehead atoms. The number of carbonyl (C=O) groups is 1. The quantitative estimate of drug-likeness (QED) is 0.457. The molecule has 1 nitrogen and oxygen atoms in total. The van der Waals surface area contributed by atoms with Gasteiger partial charge >= 0.3 is 0 Å². The van der Waals surface area contributed by atoms with E-state index in [0.717, 1.165) is 0 Å². The van der Waals surface area contributed by atoms with Crippen LogP contribution in [0, 0.1) is 5.82 Å². The van der Waals surface area contributed by atoms with Crippen LogP contribution < -0.4 is 0 Å². The Morgan fingerprint density at radius 1 is 1.57 bits per heavy atom. The van der Waals surface area contributed by atoms with E-state index in [1.807, 2.05) is 0 Å². The van der Waals surface area contributed by atoms with Crippen LogP contribution in [-0.2, 0) is 0 Å². The summed E-state index contributed by atoms with van der Waals surface area (Å²) in [5.41, 5.74) is -0.0909. The van der Waals surface area contributed by atoms with Gasteiger partial charge in [0.25, 0.3) is 0 Å². The Bertz CT molecular complexity index is 379. The van der Waals surface area contributed by atoms with Crippen LogP contribution >= 0.6 is 39.1 Å². The smallest absolute Gasteiger partial charge is 0.183 e. The first-order valence-corrected chi connectivity index (χ1v) is 5.37. The van der Waals surface area contributed by atoms with E-state index in [1.165, 1.54) is 19.1 Å². The number of Topliss-reactive ketones (excluding diaryl/α,β-unsaturated/α-hetero) is 1. The van der Waals surface area contributed by atoms with E-state index in [1.54, 1.807) is 0 Å². The number of carbonyl (C=O) groups excluding carboxylic acids is 1. The molecule has 1 atom stereocenters. The average molecular weight is 300 g/mol. The van der Waals surface area contributed by atoms with Gasteiger partial charge in [0.05, 0.1) is 15.4 Å². The van der Waals surface area contributed by atoms with Gasteiger partial charge in [0, 0.05) is 5.02 Å². The largest absolute Gasteiger partial charge is 0.292 e. The van der Waals surface area contributed by atoms with Gasteiger partial charge in [0.2, 0.25) is 0 Å². The van der Waals surface area contributed by atoms with Crippen molar-refractivity contribution < 1.29 is 9.18 Å². The van der Waals surface area contributed by atoms with Gasteiger partial charge in [0.1, 0.15) is 5.82 Å². The lowest BCUT2D eigenvalue weighted by molar-refractivity contribution is 0.0987. The number of halogens is 4. The van der Waals surface area contributed by atoms with E-state index in [2.05, 4.69) is 15.9 Å². The fraction of sp³-hybridized carbons (Fsp3) is 0.222. The van der Waals surface area contributed by atoms with Crippen LogP contribution in [0.15, 0.2) is 16.6 Å². The van der Waals surface area contributed by atoms with Crippen LogP contribution in [0.25, 0.3) is 0 Å². The topological polar surface area (TPSA) is 17.1 Å². The summed E-state index contributed by atoms with van der Waals surface area (Å²) in [5.74, 6) is -1.11. The van der Waals surface area contributed by atoms with Crippen LogP contribution in [0.5, 0.6) is 0 Å². The molecule has 0 N–H and O–H groups in total. The highest BCUT2D eigenvalue weighted by Crippen LogP contribution is 2.25. The van der Waals surface area contributed by atoms with Gasteiger partial charge in [-0.2, -0.15) is 0 Å². The predicted molar refractivity (Wildman–Crippen MR) is 58.8 cm³/mol. The molecule has 76 valence electrons. The summed E-state index contributed by atoms with van der Waals surface area (Å²) >= 11 is 14.2. The van der Waals surface area contributed by atoms with E-state index in [4.69, 9.17) is 23.2 Å². The van der Waals surface area contributed by atoms with Crippen LogP contribution in [0.2, 0.25) is 5.02 Å². The summed E-state index contributed by atoms with van der Waals surface area (Å²) < 4.78 is 13.6. The Morgan fingerprint density at radius 2 is 2.14 bits per heavy atom. The van der Waals surface area contributed by atoms with Gasteiger partial charge in [-0.3, -0.25) is 4.79 Å². The zero-order chi connectivity index (χ0) is 10.9. The number of hydrogen-bond acceptors (Lipinski definition) is 1. The molecule has 0 aromatic heterocycles. The molecular weight excluding hydrogens is 294 g/mol. The zero-order valence-corrected chi connectivity index (χ0v) is 10.3. The fourth-order valence-electron chi connectivity index (χ4n) is 0.950. The van der Waals surface area contributed by atoms with Crippen molar-refractivity contribution in [2.75, 3.05) is 0 Å². The second kappa shape index (κ2) is 4.60. The van der Waals surface area contributed by atoms with Crippen molar-refractivity contribution in [2.24, 2.45) is 0 Å². The lowest BCUT2D eigenvalue weighted by Gasteiger charge is -2.06. The van der Waals surface area contributed by atoms with Gasteiger partial charge in [-0.1, -0.05) is 11.6 Å². The maximum Gasteiger partial charge on any atom is 0.183 e. The normalized spacial score (nSPS) is 12.6. The SMILES string of the molecule is CC(Cl)C(=O)c1cc(Cl)cc(Br)c1F. The lowest BCUT2D eigenvalue weighted by Crippen LogP contribution is -2.12. The van der Waals surface area contributed by atoms with Crippen LogP contribution in [0.4, 0.5) is 4.39 Å². The molecule has 0 saturated carbocycles. The highest BCUT2D eigenvalue weighted by Gasteiger charge is 2.19. The highest BCUT2D eigenvalue weighted by atomic mass is 79.9. The molecule has 1 rings (SSSR count). The molecule has 1 unspecified atom stereocenters. The number of ketones is 1. The molecule has 0 amide bonds. The molecule has 14 heavy (non-hydrogen) atoms. The minimum Gasteiger partial charge on any atom is -0.292 e. The van der Waals surface area contributed by atoms with Crippen LogP contribution in [-0.4, -0.2) is 11.2 Å². The van der Waals surface area contributed by atoms with Crippen molar-refractivity contribution in [3.8, 4) is 0 Å². The number of rotatable bonds is 2. The standard InChI is InChI=1S/C9H6BrCl2FO/c1-4(11)9(14)6-2-5(12)3-7(10)8(6)13/h2-4H,1H3. The van der Waals surface area contributed by atoms with Crippen molar-refractivity contribution in [1.82, 2.24) is 0 Å². The van der Waals surface area contributed by atoms with E-state index >= 15 is 0 Å². The Morgan fingerprint density at radius 3 is 2.64 bits per heavy atom. The monoisotopic (exact) mass is 298 g/mol. The summed E-state index contributed by atoms with van der Waals surface area (Å²) in [5, 5.41) is -0.478. The third-order valence-corrected chi connectivity index (χ3v) is 2.61. The maximum absolute atomic E-state index is 13.4. The van der Waals surface area contributed by atoms with Crippen LogP contribution in [0.3, 0.4) is 0 Å². The van der Waals surface area contributed by atoms with Gasteiger partial charge < -0.3 is 0 Å². The Labute approximate surface area is 99.3 Å². The minimum absolute atomic E-state index is 0.0909. The molecule has 0 fully saturated rings. The van der Waals surface area contributed by atoms with Crippen molar-refractivity contribution >= 4 is 44.9 Å². The summed E-state index contributed by atoms with van der Waals surface area (Å²) in [7, 11) is 0. The van der Waals surface area contributed by atoms with E-state index in [0.29, 0.717) is 5.02 Å². The molecule has 0 spiro atoms.